The van der Waals surface area contributed by atoms with Gasteiger partial charge in [-0.1, -0.05) is 0 Å². The van der Waals surface area contributed by atoms with Crippen molar-refractivity contribution in [1.82, 2.24) is 9.88 Å². The fourth-order valence-corrected chi connectivity index (χ4v) is 3.30. The zero-order valence-corrected chi connectivity index (χ0v) is 15.7. The Morgan fingerprint density at radius 1 is 1.21 bits per heavy atom. The number of methoxy groups -OCH3 is 1. The molecule has 0 aliphatic carbocycles. The van der Waals surface area contributed by atoms with Crippen molar-refractivity contribution in [2.75, 3.05) is 38.2 Å². The average Bonchev–Trinajstić information content (AvgIpc) is 2.86. The van der Waals surface area contributed by atoms with Gasteiger partial charge < -0.3 is 19.3 Å². The summed E-state index contributed by atoms with van der Waals surface area (Å²) >= 11 is 1.57. The van der Waals surface area contributed by atoms with Crippen LogP contribution in [0.25, 0.3) is 0 Å². The molecule has 1 amide bonds. The highest BCUT2D eigenvalue weighted by Gasteiger charge is 2.27. The zero-order chi connectivity index (χ0) is 17.9. The van der Waals surface area contributed by atoms with E-state index in [2.05, 4.69) is 9.88 Å². The average molecular weight is 355 g/mol. The van der Waals surface area contributed by atoms with E-state index < -0.39 is 5.60 Å². The van der Waals surface area contributed by atoms with Gasteiger partial charge in [0, 0.05) is 31.1 Å². The van der Waals surface area contributed by atoms with E-state index in [1.165, 1.54) is 7.11 Å². The van der Waals surface area contributed by atoms with Gasteiger partial charge in [-0.05, 0) is 27.7 Å². The number of ether oxygens (including phenoxy) is 2. The van der Waals surface area contributed by atoms with Crippen molar-refractivity contribution in [1.29, 1.82) is 0 Å². The molecule has 8 heteroatoms. The van der Waals surface area contributed by atoms with Gasteiger partial charge in [0.15, 0.2) is 5.13 Å². The summed E-state index contributed by atoms with van der Waals surface area (Å²) < 4.78 is 10.1. The molecule has 0 bridgehead atoms. The van der Waals surface area contributed by atoms with Crippen molar-refractivity contribution in [3.63, 3.8) is 0 Å². The van der Waals surface area contributed by atoms with Crippen LogP contribution in [-0.4, -0.2) is 60.8 Å². The maximum Gasteiger partial charge on any atom is 0.410 e. The summed E-state index contributed by atoms with van der Waals surface area (Å²) in [6.45, 7) is 10.1. The van der Waals surface area contributed by atoms with Crippen molar-refractivity contribution in [3.05, 3.63) is 10.6 Å². The summed E-state index contributed by atoms with van der Waals surface area (Å²) in [4.78, 5) is 32.9. The number of hydrogen-bond acceptors (Lipinski definition) is 7. The Labute approximate surface area is 146 Å². The maximum absolute atomic E-state index is 12.1. The summed E-state index contributed by atoms with van der Waals surface area (Å²) in [6.07, 6.45) is -0.0830. The van der Waals surface area contributed by atoms with E-state index in [1.54, 1.807) is 16.2 Å². The lowest BCUT2D eigenvalue weighted by Crippen LogP contribution is -2.50. The van der Waals surface area contributed by atoms with Crippen molar-refractivity contribution in [3.8, 4) is 0 Å². The Morgan fingerprint density at radius 2 is 1.83 bits per heavy atom. The number of esters is 1. The molecule has 1 fully saturated rings. The van der Waals surface area contributed by atoms with Crippen LogP contribution in [0.1, 0.15) is 31.3 Å². The topological polar surface area (TPSA) is 72.0 Å². The monoisotopic (exact) mass is 355 g/mol. The van der Waals surface area contributed by atoms with Crippen LogP contribution in [0.2, 0.25) is 0 Å². The van der Waals surface area contributed by atoms with E-state index in [0.717, 1.165) is 15.7 Å². The second-order valence-corrected chi connectivity index (χ2v) is 7.89. The van der Waals surface area contributed by atoms with Gasteiger partial charge >= 0.3 is 12.1 Å². The highest BCUT2D eigenvalue weighted by molar-refractivity contribution is 7.15. The number of hydrogen-bond donors (Lipinski definition) is 0. The first-order valence-electron chi connectivity index (χ1n) is 7.95. The van der Waals surface area contributed by atoms with Crippen LogP contribution < -0.4 is 4.90 Å². The van der Waals surface area contributed by atoms with Crippen LogP contribution >= 0.6 is 11.3 Å². The van der Waals surface area contributed by atoms with Crippen molar-refractivity contribution < 1.29 is 19.1 Å². The maximum atomic E-state index is 12.1. The first-order valence-corrected chi connectivity index (χ1v) is 8.77. The minimum Gasteiger partial charge on any atom is -0.469 e. The molecule has 1 saturated heterocycles. The Balaban J connectivity index is 1.94. The summed E-state index contributed by atoms with van der Waals surface area (Å²) in [5, 5.41) is 0.884. The molecule has 0 spiro atoms. The van der Waals surface area contributed by atoms with Crippen LogP contribution in [0, 0.1) is 6.92 Å². The highest BCUT2D eigenvalue weighted by atomic mass is 32.1. The van der Waals surface area contributed by atoms with E-state index in [1.807, 2.05) is 27.7 Å². The van der Waals surface area contributed by atoms with Crippen LogP contribution in [0.5, 0.6) is 0 Å². The molecule has 1 aliphatic heterocycles. The molecule has 2 heterocycles. The molecule has 1 aliphatic rings. The second kappa shape index (κ2) is 7.38. The van der Waals surface area contributed by atoms with Crippen molar-refractivity contribution in [2.24, 2.45) is 0 Å². The lowest BCUT2D eigenvalue weighted by atomic mass is 10.2. The minimum atomic E-state index is -0.483. The summed E-state index contributed by atoms with van der Waals surface area (Å²) in [5.41, 5.74) is 0.278. The third-order valence-electron chi connectivity index (χ3n) is 3.62. The number of anilines is 1. The molecular formula is C16H25N3O4S. The third kappa shape index (κ3) is 4.83. The van der Waals surface area contributed by atoms with E-state index in [9.17, 15) is 9.59 Å². The summed E-state index contributed by atoms with van der Waals surface area (Å²) in [6, 6.07) is 0. The van der Waals surface area contributed by atoms with E-state index >= 15 is 0 Å². The number of rotatable bonds is 3. The van der Waals surface area contributed by atoms with Gasteiger partial charge in [-0.25, -0.2) is 9.78 Å². The highest BCUT2D eigenvalue weighted by Crippen LogP contribution is 2.27. The number of aryl methyl sites for hydroxylation is 1. The van der Waals surface area contributed by atoms with Gasteiger partial charge in [-0.15, -0.1) is 11.3 Å². The van der Waals surface area contributed by atoms with Crippen LogP contribution in [-0.2, 0) is 20.7 Å². The zero-order valence-electron chi connectivity index (χ0n) is 14.9. The molecule has 0 unspecified atom stereocenters. The molecule has 134 valence electrons. The summed E-state index contributed by atoms with van der Waals surface area (Å²) in [7, 11) is 1.38. The van der Waals surface area contributed by atoms with Gasteiger partial charge in [-0.3, -0.25) is 4.79 Å². The standard InChI is InChI=1S/C16H25N3O4S/c1-11-12(10-13(20)22-5)17-14(24-11)18-6-8-19(9-7-18)15(21)23-16(2,3)4/h6-10H2,1-5H3. The minimum absolute atomic E-state index is 0.191. The van der Waals surface area contributed by atoms with Crippen LogP contribution in [0.15, 0.2) is 0 Å². The Morgan fingerprint density at radius 3 is 2.38 bits per heavy atom. The number of amides is 1. The number of thiazole rings is 1. The molecule has 0 atom stereocenters. The molecule has 0 aromatic carbocycles. The predicted molar refractivity (Wildman–Crippen MR) is 92.6 cm³/mol. The fourth-order valence-electron chi connectivity index (χ4n) is 2.33. The Kier molecular flexibility index (Phi) is 5.69. The second-order valence-electron chi connectivity index (χ2n) is 6.71. The van der Waals surface area contributed by atoms with Crippen LogP contribution in [0.3, 0.4) is 0 Å². The molecule has 24 heavy (non-hydrogen) atoms. The van der Waals surface area contributed by atoms with Crippen LogP contribution in [0.4, 0.5) is 9.93 Å². The van der Waals surface area contributed by atoms with Gasteiger partial charge in [0.1, 0.15) is 5.60 Å². The van der Waals surface area contributed by atoms with Gasteiger partial charge in [0.25, 0.3) is 0 Å². The molecule has 1 aromatic heterocycles. The van der Waals surface area contributed by atoms with E-state index in [4.69, 9.17) is 9.47 Å². The van der Waals surface area contributed by atoms with E-state index in [-0.39, 0.29) is 18.5 Å². The molecule has 7 nitrogen and oxygen atoms in total. The number of aromatic nitrogens is 1. The third-order valence-corrected chi connectivity index (χ3v) is 4.70. The number of piperazine rings is 1. The lowest BCUT2D eigenvalue weighted by Gasteiger charge is -2.35. The van der Waals surface area contributed by atoms with Gasteiger partial charge in [0.2, 0.25) is 0 Å². The SMILES string of the molecule is COC(=O)Cc1nc(N2CCN(C(=O)OC(C)(C)C)CC2)sc1C. The van der Waals surface area contributed by atoms with Crippen molar-refractivity contribution >= 4 is 28.5 Å². The van der Waals surface area contributed by atoms with Crippen molar-refractivity contribution in [2.45, 2.75) is 39.7 Å². The largest absolute Gasteiger partial charge is 0.469 e. The van der Waals surface area contributed by atoms with Gasteiger partial charge in [0.05, 0.1) is 19.2 Å². The molecule has 0 saturated carbocycles. The Bertz CT molecular complexity index is 601. The molecular weight excluding hydrogens is 330 g/mol. The van der Waals surface area contributed by atoms with Gasteiger partial charge in [-0.2, -0.15) is 0 Å². The predicted octanol–water partition coefficient (Wildman–Crippen LogP) is 2.22. The molecule has 0 N–H and O–H groups in total. The summed E-state index contributed by atoms with van der Waals surface area (Å²) in [5.74, 6) is -0.287. The number of carbonyl (C=O) groups excluding carboxylic acids is 2. The molecule has 0 radical (unpaired) electrons. The van der Waals surface area contributed by atoms with E-state index in [0.29, 0.717) is 26.2 Å². The lowest BCUT2D eigenvalue weighted by molar-refractivity contribution is -0.139. The fraction of sp³-hybridized carbons (Fsp3) is 0.688. The first kappa shape index (κ1) is 18.5. The quantitative estimate of drug-likeness (QED) is 0.774. The molecule has 1 aromatic rings. The smallest absolute Gasteiger partial charge is 0.410 e. The number of nitrogens with zero attached hydrogens (tertiary/aromatic N) is 3. The molecule has 2 rings (SSSR count). The first-order chi connectivity index (χ1) is 11.2. The number of carbonyl (C=O) groups is 2. The Hall–Kier alpha value is -1.83. The normalized spacial score (nSPS) is 15.4.